The molecule has 1 heterocycles. The zero-order valence-corrected chi connectivity index (χ0v) is 13.2. The van der Waals surface area contributed by atoms with Crippen molar-refractivity contribution in [3.8, 4) is 0 Å². The number of nitrogens with one attached hydrogen (secondary N) is 1. The summed E-state index contributed by atoms with van der Waals surface area (Å²) in [6, 6.07) is 5.81. The predicted molar refractivity (Wildman–Crippen MR) is 81.2 cm³/mol. The lowest BCUT2D eigenvalue weighted by molar-refractivity contribution is 0.476. The smallest absolute Gasteiger partial charge is 0.243 e. The van der Waals surface area contributed by atoms with Crippen molar-refractivity contribution in [2.75, 3.05) is 19.6 Å². The maximum absolute atomic E-state index is 12.7. The molecule has 1 fully saturated rings. The van der Waals surface area contributed by atoms with E-state index in [0.29, 0.717) is 24.5 Å². The van der Waals surface area contributed by atoms with Crippen molar-refractivity contribution in [1.29, 1.82) is 0 Å². The van der Waals surface area contributed by atoms with Gasteiger partial charge in [0.25, 0.3) is 0 Å². The summed E-state index contributed by atoms with van der Waals surface area (Å²) >= 11 is 0. The Balaban J connectivity index is 2.36. The van der Waals surface area contributed by atoms with Crippen LogP contribution in [-0.2, 0) is 23.0 Å². The number of aryl methyl sites for hydroxylation is 1. The average Bonchev–Trinajstić information content (AvgIpc) is 2.99. The van der Waals surface area contributed by atoms with Gasteiger partial charge >= 0.3 is 0 Å². The second-order valence-corrected chi connectivity index (χ2v) is 7.09. The molecule has 0 bridgehead atoms. The lowest BCUT2D eigenvalue weighted by Crippen LogP contribution is -2.29. The number of sulfonamides is 1. The van der Waals surface area contributed by atoms with Crippen molar-refractivity contribution < 1.29 is 8.42 Å². The molecule has 0 aromatic heterocycles. The van der Waals surface area contributed by atoms with E-state index in [1.807, 2.05) is 32.0 Å². The van der Waals surface area contributed by atoms with Gasteiger partial charge < -0.3 is 5.32 Å². The fourth-order valence-electron chi connectivity index (χ4n) is 2.58. The van der Waals surface area contributed by atoms with Gasteiger partial charge in [-0.25, -0.2) is 8.42 Å². The standard InChI is InChI=1S/C15H24N2O2S/c1-3-14-8-7-13(12-16-4-2)11-15(14)20(18,19)17-9-5-6-10-17/h7-8,11,16H,3-6,9-10,12H2,1-2H3. The van der Waals surface area contributed by atoms with Crippen molar-refractivity contribution in [1.82, 2.24) is 9.62 Å². The molecular weight excluding hydrogens is 272 g/mol. The van der Waals surface area contributed by atoms with E-state index in [1.54, 1.807) is 4.31 Å². The summed E-state index contributed by atoms with van der Waals surface area (Å²) in [6.07, 6.45) is 2.68. The highest BCUT2D eigenvalue weighted by Crippen LogP contribution is 2.25. The molecule has 2 rings (SSSR count). The zero-order chi connectivity index (χ0) is 14.6. The highest BCUT2D eigenvalue weighted by Gasteiger charge is 2.28. The highest BCUT2D eigenvalue weighted by molar-refractivity contribution is 7.89. The number of rotatable bonds is 6. The summed E-state index contributed by atoms with van der Waals surface area (Å²) < 4.78 is 27.1. The SMILES string of the molecule is CCNCc1ccc(CC)c(S(=O)(=O)N2CCCC2)c1. The van der Waals surface area contributed by atoms with E-state index in [1.165, 1.54) is 0 Å². The normalized spacial score (nSPS) is 16.7. The molecule has 0 amide bonds. The highest BCUT2D eigenvalue weighted by atomic mass is 32.2. The van der Waals surface area contributed by atoms with Crippen LogP contribution in [0, 0.1) is 0 Å². The van der Waals surface area contributed by atoms with Gasteiger partial charge in [-0.1, -0.05) is 26.0 Å². The van der Waals surface area contributed by atoms with Gasteiger partial charge in [0.15, 0.2) is 0 Å². The Labute approximate surface area is 122 Å². The summed E-state index contributed by atoms with van der Waals surface area (Å²) in [7, 11) is -3.32. The Morgan fingerprint density at radius 3 is 2.50 bits per heavy atom. The molecule has 1 aliphatic heterocycles. The summed E-state index contributed by atoms with van der Waals surface area (Å²) in [5.41, 5.74) is 1.94. The van der Waals surface area contributed by atoms with Crippen molar-refractivity contribution in [3.63, 3.8) is 0 Å². The van der Waals surface area contributed by atoms with Crippen LogP contribution in [-0.4, -0.2) is 32.4 Å². The van der Waals surface area contributed by atoms with E-state index in [0.717, 1.165) is 36.9 Å². The Hall–Kier alpha value is -0.910. The van der Waals surface area contributed by atoms with Crippen molar-refractivity contribution in [3.05, 3.63) is 29.3 Å². The largest absolute Gasteiger partial charge is 0.313 e. The van der Waals surface area contributed by atoms with Crippen LogP contribution in [0.4, 0.5) is 0 Å². The number of hydrogen-bond acceptors (Lipinski definition) is 3. The second kappa shape index (κ2) is 6.70. The van der Waals surface area contributed by atoms with Gasteiger partial charge in [0, 0.05) is 19.6 Å². The molecule has 0 radical (unpaired) electrons. The van der Waals surface area contributed by atoms with Gasteiger partial charge in [-0.05, 0) is 43.0 Å². The Morgan fingerprint density at radius 2 is 1.90 bits per heavy atom. The lowest BCUT2D eigenvalue weighted by atomic mass is 10.1. The van der Waals surface area contributed by atoms with Crippen LogP contribution in [0.1, 0.15) is 37.8 Å². The first-order valence-electron chi connectivity index (χ1n) is 7.42. The predicted octanol–water partition coefficient (Wildman–Crippen LogP) is 2.14. The van der Waals surface area contributed by atoms with Gasteiger partial charge in [-0.15, -0.1) is 0 Å². The van der Waals surface area contributed by atoms with E-state index < -0.39 is 10.0 Å². The zero-order valence-electron chi connectivity index (χ0n) is 12.4. The third-order valence-electron chi connectivity index (χ3n) is 3.77. The van der Waals surface area contributed by atoms with Crippen LogP contribution < -0.4 is 5.32 Å². The molecule has 1 N–H and O–H groups in total. The number of hydrogen-bond donors (Lipinski definition) is 1. The van der Waals surface area contributed by atoms with Gasteiger partial charge in [-0.2, -0.15) is 4.31 Å². The van der Waals surface area contributed by atoms with E-state index >= 15 is 0 Å². The van der Waals surface area contributed by atoms with Gasteiger partial charge in [0.05, 0.1) is 4.90 Å². The molecule has 1 saturated heterocycles. The number of benzene rings is 1. The van der Waals surface area contributed by atoms with Crippen LogP contribution in [0.2, 0.25) is 0 Å². The van der Waals surface area contributed by atoms with Crippen LogP contribution in [0.3, 0.4) is 0 Å². The first-order chi connectivity index (χ1) is 9.59. The molecule has 0 saturated carbocycles. The van der Waals surface area contributed by atoms with E-state index in [2.05, 4.69) is 5.32 Å². The van der Waals surface area contributed by atoms with E-state index in [9.17, 15) is 8.42 Å². The third kappa shape index (κ3) is 3.22. The minimum Gasteiger partial charge on any atom is -0.313 e. The Kier molecular flexibility index (Phi) is 5.18. The monoisotopic (exact) mass is 296 g/mol. The summed E-state index contributed by atoms with van der Waals surface area (Å²) in [4.78, 5) is 0.498. The molecule has 0 aliphatic carbocycles. The maximum atomic E-state index is 12.7. The number of nitrogens with zero attached hydrogens (tertiary/aromatic N) is 1. The maximum Gasteiger partial charge on any atom is 0.243 e. The summed E-state index contributed by atoms with van der Waals surface area (Å²) in [6.45, 7) is 6.95. The van der Waals surface area contributed by atoms with Crippen molar-refractivity contribution in [2.24, 2.45) is 0 Å². The molecular formula is C15H24N2O2S. The lowest BCUT2D eigenvalue weighted by Gasteiger charge is -2.18. The topological polar surface area (TPSA) is 49.4 Å². The van der Waals surface area contributed by atoms with E-state index in [-0.39, 0.29) is 0 Å². The molecule has 5 heteroatoms. The average molecular weight is 296 g/mol. The fourth-order valence-corrected chi connectivity index (χ4v) is 4.44. The second-order valence-electron chi connectivity index (χ2n) is 5.19. The van der Waals surface area contributed by atoms with E-state index in [4.69, 9.17) is 0 Å². The molecule has 1 aromatic rings. The van der Waals surface area contributed by atoms with Gasteiger partial charge in [0.2, 0.25) is 10.0 Å². The minimum absolute atomic E-state index is 0.498. The van der Waals surface area contributed by atoms with Crippen molar-refractivity contribution in [2.45, 2.75) is 44.6 Å². The molecule has 0 atom stereocenters. The van der Waals surface area contributed by atoms with Gasteiger partial charge in [0.1, 0.15) is 0 Å². The summed E-state index contributed by atoms with van der Waals surface area (Å²) in [5, 5.41) is 3.24. The third-order valence-corrected chi connectivity index (χ3v) is 5.76. The minimum atomic E-state index is -3.32. The molecule has 1 aliphatic rings. The first kappa shape index (κ1) is 15.5. The molecule has 20 heavy (non-hydrogen) atoms. The van der Waals surface area contributed by atoms with Crippen LogP contribution in [0.15, 0.2) is 23.1 Å². The molecule has 0 spiro atoms. The molecule has 1 aromatic carbocycles. The Morgan fingerprint density at radius 1 is 1.20 bits per heavy atom. The summed E-state index contributed by atoms with van der Waals surface area (Å²) in [5.74, 6) is 0. The first-order valence-corrected chi connectivity index (χ1v) is 8.86. The molecule has 112 valence electrons. The van der Waals surface area contributed by atoms with Crippen molar-refractivity contribution >= 4 is 10.0 Å². The molecule has 0 unspecified atom stereocenters. The van der Waals surface area contributed by atoms with Crippen LogP contribution in [0.5, 0.6) is 0 Å². The quantitative estimate of drug-likeness (QED) is 0.875. The van der Waals surface area contributed by atoms with Crippen LogP contribution in [0.25, 0.3) is 0 Å². The fraction of sp³-hybridized carbons (Fsp3) is 0.600. The Bertz CT molecular complexity index is 549. The van der Waals surface area contributed by atoms with Crippen LogP contribution >= 0.6 is 0 Å². The van der Waals surface area contributed by atoms with Gasteiger partial charge in [-0.3, -0.25) is 0 Å². The molecule has 4 nitrogen and oxygen atoms in total.